The van der Waals surface area contributed by atoms with Crippen LogP contribution in [0, 0.1) is 0 Å². The average molecular weight is 272 g/mol. The molecule has 0 aromatic heterocycles. The number of carboxylic acid groups (broad SMARTS) is 1. The summed E-state index contributed by atoms with van der Waals surface area (Å²) in [4.78, 5) is 11.2. The molecule has 0 bridgehead atoms. The normalized spacial score (nSPS) is 22.5. The Kier molecular flexibility index (Phi) is 2.91. The van der Waals surface area contributed by atoms with Gasteiger partial charge in [0.15, 0.2) is 11.5 Å². The number of fused-ring (bicyclic) bond motifs is 1. The topological polar surface area (TPSA) is 81.0 Å². The van der Waals surface area contributed by atoms with E-state index in [0.717, 1.165) is 0 Å². The average Bonchev–Trinajstić information content (AvgIpc) is 2.26. The number of benzene rings is 1. The quantitative estimate of drug-likeness (QED) is 0.536. The first-order valence-corrected chi connectivity index (χ1v) is 5.82. The SMILES string of the molecule is CC1(C)c2cc(O)c(O)cc2C[C@H](C(=O)O)N1Cl. The molecule has 0 saturated heterocycles. The van der Waals surface area contributed by atoms with Gasteiger partial charge in [-0.2, -0.15) is 4.42 Å². The lowest BCUT2D eigenvalue weighted by molar-refractivity contribution is -0.143. The molecule has 0 spiro atoms. The Bertz CT molecular complexity index is 515. The molecule has 1 aliphatic rings. The van der Waals surface area contributed by atoms with Crippen LogP contribution in [0.25, 0.3) is 0 Å². The zero-order valence-corrected chi connectivity index (χ0v) is 10.8. The minimum absolute atomic E-state index is 0.186. The maximum atomic E-state index is 11.2. The molecule has 1 heterocycles. The highest BCUT2D eigenvalue weighted by atomic mass is 35.5. The Morgan fingerprint density at radius 3 is 2.50 bits per heavy atom. The Morgan fingerprint density at radius 1 is 1.39 bits per heavy atom. The van der Waals surface area contributed by atoms with Crippen LogP contribution in [0.3, 0.4) is 0 Å². The molecule has 0 saturated carbocycles. The first kappa shape index (κ1) is 13.0. The zero-order valence-electron chi connectivity index (χ0n) is 10.0. The first-order valence-electron chi connectivity index (χ1n) is 5.48. The van der Waals surface area contributed by atoms with Gasteiger partial charge in [-0.3, -0.25) is 4.79 Å². The van der Waals surface area contributed by atoms with Gasteiger partial charge in [0.1, 0.15) is 6.04 Å². The Hall–Kier alpha value is -1.46. The van der Waals surface area contributed by atoms with Crippen LogP contribution in [0.1, 0.15) is 25.0 Å². The number of halogens is 1. The second-order valence-electron chi connectivity index (χ2n) is 4.93. The van der Waals surface area contributed by atoms with E-state index in [1.165, 1.54) is 16.6 Å². The van der Waals surface area contributed by atoms with Gasteiger partial charge in [-0.1, -0.05) is 0 Å². The predicted molar refractivity (Wildman–Crippen MR) is 65.6 cm³/mol. The van der Waals surface area contributed by atoms with Gasteiger partial charge in [0, 0.05) is 6.42 Å². The van der Waals surface area contributed by atoms with Crippen molar-refractivity contribution in [3.8, 4) is 11.5 Å². The van der Waals surface area contributed by atoms with Crippen molar-refractivity contribution < 1.29 is 20.1 Å². The molecule has 0 fully saturated rings. The van der Waals surface area contributed by atoms with E-state index in [1.54, 1.807) is 13.8 Å². The maximum Gasteiger partial charge on any atom is 0.322 e. The molecule has 1 aliphatic heterocycles. The molecule has 98 valence electrons. The molecule has 0 unspecified atom stereocenters. The van der Waals surface area contributed by atoms with Crippen LogP contribution in [0.2, 0.25) is 0 Å². The first-order chi connectivity index (χ1) is 8.25. The summed E-state index contributed by atoms with van der Waals surface area (Å²) in [7, 11) is 0. The molecule has 1 aromatic rings. The Labute approximate surface area is 109 Å². The fraction of sp³-hybridized carbons (Fsp3) is 0.417. The van der Waals surface area contributed by atoms with Crippen LogP contribution < -0.4 is 0 Å². The van der Waals surface area contributed by atoms with Crippen molar-refractivity contribution in [2.24, 2.45) is 0 Å². The van der Waals surface area contributed by atoms with Gasteiger partial charge >= 0.3 is 5.97 Å². The highest BCUT2D eigenvalue weighted by Gasteiger charge is 2.43. The highest BCUT2D eigenvalue weighted by Crippen LogP contribution is 2.43. The van der Waals surface area contributed by atoms with Crippen molar-refractivity contribution >= 4 is 17.7 Å². The summed E-state index contributed by atoms with van der Waals surface area (Å²) in [6, 6.07) is 1.96. The third-order valence-corrected chi connectivity index (χ3v) is 4.02. The molecular formula is C12H14ClNO4. The molecule has 0 amide bonds. The van der Waals surface area contributed by atoms with Crippen molar-refractivity contribution in [2.45, 2.75) is 31.8 Å². The lowest BCUT2D eigenvalue weighted by Gasteiger charge is -2.42. The smallest absolute Gasteiger partial charge is 0.322 e. The van der Waals surface area contributed by atoms with Gasteiger partial charge in [0.25, 0.3) is 0 Å². The van der Waals surface area contributed by atoms with Gasteiger partial charge < -0.3 is 15.3 Å². The predicted octanol–water partition coefficient (Wildman–Crippen LogP) is 1.80. The molecule has 2 rings (SSSR count). The van der Waals surface area contributed by atoms with Crippen LogP contribution in [0.15, 0.2) is 12.1 Å². The van der Waals surface area contributed by atoms with Gasteiger partial charge in [-0.25, -0.2) is 0 Å². The highest BCUT2D eigenvalue weighted by molar-refractivity contribution is 6.15. The third kappa shape index (κ3) is 1.79. The number of carbonyl (C=O) groups is 1. The summed E-state index contributed by atoms with van der Waals surface area (Å²) in [5, 5.41) is 28.2. The molecule has 1 aromatic carbocycles. The van der Waals surface area contributed by atoms with Crippen molar-refractivity contribution in [2.75, 3.05) is 0 Å². The number of hydrogen-bond donors (Lipinski definition) is 3. The number of nitrogens with zero attached hydrogens (tertiary/aromatic N) is 1. The van der Waals surface area contributed by atoms with Gasteiger partial charge in [-0.15, -0.1) is 0 Å². The van der Waals surface area contributed by atoms with Crippen LogP contribution >= 0.6 is 11.8 Å². The lowest BCUT2D eigenvalue weighted by atomic mass is 9.82. The molecular weight excluding hydrogens is 258 g/mol. The molecule has 3 N–H and O–H groups in total. The van der Waals surface area contributed by atoms with E-state index >= 15 is 0 Å². The number of phenols is 2. The number of carboxylic acids is 1. The fourth-order valence-electron chi connectivity index (χ4n) is 2.34. The summed E-state index contributed by atoms with van der Waals surface area (Å²) in [5.41, 5.74) is 0.647. The Morgan fingerprint density at radius 2 is 1.94 bits per heavy atom. The molecule has 18 heavy (non-hydrogen) atoms. The van der Waals surface area contributed by atoms with E-state index in [-0.39, 0.29) is 17.9 Å². The molecule has 0 radical (unpaired) electrons. The van der Waals surface area contributed by atoms with Crippen molar-refractivity contribution in [1.82, 2.24) is 4.42 Å². The van der Waals surface area contributed by atoms with Crippen LogP contribution in [-0.2, 0) is 16.8 Å². The number of phenolic OH excluding ortho intramolecular Hbond substituents is 2. The van der Waals surface area contributed by atoms with Crippen LogP contribution in [-0.4, -0.2) is 31.7 Å². The standard InChI is InChI=1S/C12H14ClNO4/c1-12(2)7-5-10(16)9(15)4-6(7)3-8(11(17)18)14(12)13/h4-5,8,15-16H,3H2,1-2H3,(H,17,18)/t8-/m1/s1. The minimum Gasteiger partial charge on any atom is -0.504 e. The van der Waals surface area contributed by atoms with E-state index in [0.29, 0.717) is 11.1 Å². The summed E-state index contributed by atoms with van der Waals surface area (Å²) in [5.74, 6) is -1.51. The molecule has 0 aliphatic carbocycles. The number of aromatic hydroxyl groups is 2. The van der Waals surface area contributed by atoms with E-state index in [4.69, 9.17) is 16.9 Å². The zero-order chi connectivity index (χ0) is 13.7. The molecule has 6 heteroatoms. The molecule has 1 atom stereocenters. The second-order valence-corrected chi connectivity index (χ2v) is 5.29. The summed E-state index contributed by atoms with van der Waals surface area (Å²) in [6.45, 7) is 3.54. The third-order valence-electron chi connectivity index (χ3n) is 3.37. The number of aliphatic carboxylic acids is 1. The van der Waals surface area contributed by atoms with Crippen molar-refractivity contribution in [3.63, 3.8) is 0 Å². The largest absolute Gasteiger partial charge is 0.504 e. The second kappa shape index (κ2) is 4.03. The summed E-state index contributed by atoms with van der Waals surface area (Å²) >= 11 is 6.10. The number of hydrogen-bond acceptors (Lipinski definition) is 4. The van der Waals surface area contributed by atoms with Gasteiger partial charge in [-0.05, 0) is 48.9 Å². The van der Waals surface area contributed by atoms with E-state index in [1.807, 2.05) is 0 Å². The van der Waals surface area contributed by atoms with Crippen LogP contribution in [0.5, 0.6) is 11.5 Å². The monoisotopic (exact) mass is 271 g/mol. The lowest BCUT2D eigenvalue weighted by Crippen LogP contribution is -2.50. The summed E-state index contributed by atoms with van der Waals surface area (Å²) in [6.07, 6.45) is 0.186. The fourth-order valence-corrected chi connectivity index (χ4v) is 2.58. The Balaban J connectivity index is 2.60. The molecule has 5 nitrogen and oxygen atoms in total. The number of rotatable bonds is 1. The van der Waals surface area contributed by atoms with E-state index in [2.05, 4.69) is 0 Å². The van der Waals surface area contributed by atoms with Gasteiger partial charge in [0.2, 0.25) is 0 Å². The van der Waals surface area contributed by atoms with E-state index < -0.39 is 17.6 Å². The van der Waals surface area contributed by atoms with Crippen molar-refractivity contribution in [1.29, 1.82) is 0 Å². The van der Waals surface area contributed by atoms with E-state index in [9.17, 15) is 15.0 Å². The summed E-state index contributed by atoms with van der Waals surface area (Å²) < 4.78 is 1.24. The maximum absolute atomic E-state index is 11.2. The van der Waals surface area contributed by atoms with Gasteiger partial charge in [0.05, 0.1) is 5.54 Å². The minimum atomic E-state index is -1.02. The van der Waals surface area contributed by atoms with Crippen molar-refractivity contribution in [3.05, 3.63) is 23.3 Å². The van der Waals surface area contributed by atoms with Crippen LogP contribution in [0.4, 0.5) is 0 Å².